The van der Waals surface area contributed by atoms with Crippen molar-refractivity contribution in [2.45, 2.75) is 45.6 Å². The molecule has 1 unspecified atom stereocenters. The minimum Gasteiger partial charge on any atom is -0.490 e. The smallest absolute Gasteiger partial charge is 0.344 e. The number of nitrogens with zero attached hydrogens (tertiary/aromatic N) is 1. The fraction of sp³-hybridized carbons (Fsp3) is 0.242. The Morgan fingerprint density at radius 1 is 0.974 bits per heavy atom. The number of carbonyl (C=O) groups is 2. The summed E-state index contributed by atoms with van der Waals surface area (Å²) in [6.07, 6.45) is 5.94. The Labute approximate surface area is 227 Å². The number of benzene rings is 3. The SMILES string of the molecule is CCOc1cc(C2C3=C(CCCC3=O)Nc3ccc4ccccc4c32)ccc1OC(=O)c1cc[n+](CC)cc1. The number of carbonyl (C=O) groups excluding carboxylic acids is 2. The van der Waals surface area contributed by atoms with Crippen molar-refractivity contribution >= 4 is 28.2 Å². The van der Waals surface area contributed by atoms with Gasteiger partial charge in [0.25, 0.3) is 0 Å². The molecule has 6 rings (SSSR count). The number of pyridine rings is 1. The zero-order valence-corrected chi connectivity index (χ0v) is 22.2. The van der Waals surface area contributed by atoms with Crippen LogP contribution in [-0.2, 0) is 11.3 Å². The zero-order valence-electron chi connectivity index (χ0n) is 22.2. The molecule has 1 aromatic heterocycles. The van der Waals surface area contributed by atoms with Crippen LogP contribution >= 0.6 is 0 Å². The molecule has 6 nitrogen and oxygen atoms in total. The van der Waals surface area contributed by atoms with Crippen molar-refractivity contribution in [3.8, 4) is 11.5 Å². The van der Waals surface area contributed by atoms with Crippen LogP contribution in [0.1, 0.15) is 60.5 Å². The number of anilines is 1. The molecule has 0 fully saturated rings. The fourth-order valence-corrected chi connectivity index (χ4v) is 5.70. The number of aromatic nitrogens is 1. The maximum atomic E-state index is 13.4. The van der Waals surface area contributed by atoms with Crippen molar-refractivity contribution in [3.63, 3.8) is 0 Å². The number of hydrogen-bond donors (Lipinski definition) is 1. The van der Waals surface area contributed by atoms with Crippen molar-refractivity contribution < 1.29 is 23.6 Å². The summed E-state index contributed by atoms with van der Waals surface area (Å²) in [6, 6.07) is 21.7. The number of ketones is 1. The molecule has 3 aromatic carbocycles. The van der Waals surface area contributed by atoms with Crippen molar-refractivity contribution in [2.24, 2.45) is 0 Å². The third kappa shape index (κ3) is 4.56. The van der Waals surface area contributed by atoms with Crippen LogP contribution in [0.2, 0.25) is 0 Å². The molecule has 196 valence electrons. The number of aryl methyl sites for hydroxylation is 1. The lowest BCUT2D eigenvalue weighted by atomic mass is 9.74. The lowest BCUT2D eigenvalue weighted by Gasteiger charge is -2.35. The second-order valence-electron chi connectivity index (χ2n) is 9.92. The van der Waals surface area contributed by atoms with Gasteiger partial charge < -0.3 is 14.8 Å². The van der Waals surface area contributed by atoms with Gasteiger partial charge in [-0.2, -0.15) is 0 Å². The summed E-state index contributed by atoms with van der Waals surface area (Å²) < 4.78 is 13.8. The van der Waals surface area contributed by atoms with E-state index in [1.54, 1.807) is 18.2 Å². The standard InChI is InChI=1S/C33H30N2O4/c1-3-35-18-16-22(17-19-35)33(37)39-28-15-13-23(20-29(28)38-4-2)30-31-24-9-6-5-8-21(24)12-14-26(31)34-25-10-7-11-27(36)32(25)30/h5-6,8-9,12-20,30H,3-4,7,10-11H2,1-2H3/p+1. The monoisotopic (exact) mass is 519 g/mol. The van der Waals surface area contributed by atoms with Crippen LogP contribution in [0.4, 0.5) is 5.69 Å². The maximum Gasteiger partial charge on any atom is 0.344 e. The second-order valence-corrected chi connectivity index (χ2v) is 9.92. The Hall–Kier alpha value is -4.45. The number of Topliss-reactive ketones (excluding diaryl/α,β-unsaturated/α-hetero) is 1. The summed E-state index contributed by atoms with van der Waals surface area (Å²) in [5, 5.41) is 5.82. The molecule has 0 spiro atoms. The highest BCUT2D eigenvalue weighted by Gasteiger charge is 2.36. The highest BCUT2D eigenvalue weighted by atomic mass is 16.6. The van der Waals surface area contributed by atoms with E-state index in [0.29, 0.717) is 30.1 Å². The van der Waals surface area contributed by atoms with Gasteiger partial charge in [-0.25, -0.2) is 9.36 Å². The van der Waals surface area contributed by atoms with Crippen molar-refractivity contribution in [3.05, 3.63) is 107 Å². The Balaban J connectivity index is 1.45. The van der Waals surface area contributed by atoms with E-state index in [-0.39, 0.29) is 11.7 Å². The predicted octanol–water partition coefficient (Wildman–Crippen LogP) is 6.33. The van der Waals surface area contributed by atoms with Crippen molar-refractivity contribution in [1.82, 2.24) is 0 Å². The molecule has 0 saturated carbocycles. The van der Waals surface area contributed by atoms with E-state index < -0.39 is 5.97 Å². The van der Waals surface area contributed by atoms with E-state index in [1.165, 1.54) is 0 Å². The van der Waals surface area contributed by atoms with Gasteiger partial charge in [0.05, 0.1) is 12.2 Å². The van der Waals surface area contributed by atoms with E-state index in [9.17, 15) is 9.59 Å². The van der Waals surface area contributed by atoms with Gasteiger partial charge in [0.1, 0.15) is 6.54 Å². The topological polar surface area (TPSA) is 68.5 Å². The van der Waals surface area contributed by atoms with Gasteiger partial charge in [-0.15, -0.1) is 0 Å². The highest BCUT2D eigenvalue weighted by Crippen LogP contribution is 2.49. The van der Waals surface area contributed by atoms with Crippen LogP contribution in [0.3, 0.4) is 0 Å². The number of rotatable bonds is 6. The van der Waals surface area contributed by atoms with Gasteiger partial charge in [0, 0.05) is 41.4 Å². The van der Waals surface area contributed by atoms with Gasteiger partial charge in [0.15, 0.2) is 29.7 Å². The fourth-order valence-electron chi connectivity index (χ4n) is 5.70. The first-order valence-corrected chi connectivity index (χ1v) is 13.6. The van der Waals surface area contributed by atoms with Crippen LogP contribution in [-0.4, -0.2) is 18.4 Å². The number of allylic oxidation sites excluding steroid dienone is 2. The van der Waals surface area contributed by atoms with Crippen molar-refractivity contribution in [1.29, 1.82) is 0 Å². The molecule has 39 heavy (non-hydrogen) atoms. The van der Waals surface area contributed by atoms with Gasteiger partial charge in [-0.05, 0) is 66.8 Å². The summed E-state index contributed by atoms with van der Waals surface area (Å²) in [7, 11) is 0. The third-order valence-corrected chi connectivity index (χ3v) is 7.59. The number of nitrogens with one attached hydrogen (secondary N) is 1. The molecule has 1 atom stereocenters. The molecular formula is C33H31N2O4+. The normalized spacial score (nSPS) is 16.4. The molecular weight excluding hydrogens is 488 g/mol. The molecule has 1 aliphatic carbocycles. The average Bonchev–Trinajstić information content (AvgIpc) is 2.97. The number of fused-ring (bicyclic) bond motifs is 3. The summed E-state index contributed by atoms with van der Waals surface area (Å²) in [5.74, 6) is 0.312. The first-order valence-electron chi connectivity index (χ1n) is 13.6. The van der Waals surface area contributed by atoms with E-state index in [0.717, 1.165) is 58.2 Å². The third-order valence-electron chi connectivity index (χ3n) is 7.59. The first-order chi connectivity index (χ1) is 19.1. The van der Waals surface area contributed by atoms with Crippen molar-refractivity contribution in [2.75, 3.05) is 11.9 Å². The molecule has 1 aliphatic heterocycles. The van der Waals surface area contributed by atoms with E-state index in [4.69, 9.17) is 9.47 Å². The summed E-state index contributed by atoms with van der Waals surface area (Å²) >= 11 is 0. The molecule has 4 aromatic rings. The zero-order chi connectivity index (χ0) is 26.9. The van der Waals surface area contributed by atoms with E-state index >= 15 is 0 Å². The van der Waals surface area contributed by atoms with Crippen LogP contribution < -0.4 is 19.4 Å². The summed E-state index contributed by atoms with van der Waals surface area (Å²) in [5.41, 5.74) is 5.33. The number of hydrogen-bond acceptors (Lipinski definition) is 5. The summed E-state index contributed by atoms with van der Waals surface area (Å²) in [6.45, 7) is 5.17. The van der Waals surface area contributed by atoms with Gasteiger partial charge in [0.2, 0.25) is 0 Å². The quantitative estimate of drug-likeness (QED) is 0.183. The molecule has 0 amide bonds. The van der Waals surface area contributed by atoms with Gasteiger partial charge in [-0.1, -0.05) is 36.4 Å². The van der Waals surface area contributed by atoms with Gasteiger partial charge >= 0.3 is 5.97 Å². The minimum absolute atomic E-state index is 0.175. The molecule has 0 bridgehead atoms. The Kier molecular flexibility index (Phi) is 6.61. The molecule has 6 heteroatoms. The Morgan fingerprint density at radius 2 is 1.79 bits per heavy atom. The summed E-state index contributed by atoms with van der Waals surface area (Å²) in [4.78, 5) is 26.3. The molecule has 2 aliphatic rings. The number of esters is 1. The number of ether oxygens (including phenoxy) is 2. The lowest BCUT2D eigenvalue weighted by molar-refractivity contribution is -0.693. The molecule has 0 saturated heterocycles. The average molecular weight is 520 g/mol. The van der Waals surface area contributed by atoms with E-state index in [2.05, 4.69) is 29.6 Å². The Morgan fingerprint density at radius 3 is 2.59 bits per heavy atom. The minimum atomic E-state index is -0.447. The maximum absolute atomic E-state index is 13.4. The van der Waals surface area contributed by atoms with Crippen LogP contribution in [0.25, 0.3) is 10.8 Å². The predicted molar refractivity (Wildman–Crippen MR) is 150 cm³/mol. The first kappa shape index (κ1) is 24.9. The Bertz CT molecular complexity index is 1620. The largest absolute Gasteiger partial charge is 0.490 e. The second kappa shape index (κ2) is 10.4. The van der Waals surface area contributed by atoms with E-state index in [1.807, 2.05) is 55.1 Å². The van der Waals surface area contributed by atoms with Crippen LogP contribution in [0.5, 0.6) is 11.5 Å². The van der Waals surface area contributed by atoms with Gasteiger partial charge in [-0.3, -0.25) is 4.79 Å². The highest BCUT2D eigenvalue weighted by molar-refractivity contribution is 6.04. The van der Waals surface area contributed by atoms with Crippen LogP contribution in [0, 0.1) is 0 Å². The lowest BCUT2D eigenvalue weighted by Crippen LogP contribution is -2.31. The molecule has 2 heterocycles. The van der Waals surface area contributed by atoms with Crippen LogP contribution in [0.15, 0.2) is 90.4 Å². The molecule has 1 N–H and O–H groups in total. The molecule has 0 radical (unpaired) electrons.